The number of allylic oxidation sites excluding steroid dienone is 1. The minimum Gasteiger partial charge on any atom is -0.493 e. The highest BCUT2D eigenvalue weighted by atomic mass is 127. The molecule has 1 aliphatic rings. The number of hydrogen-bond donors (Lipinski definition) is 0. The van der Waals surface area contributed by atoms with Gasteiger partial charge in [0.25, 0.3) is 5.56 Å². The van der Waals surface area contributed by atoms with E-state index < -0.39 is 18.0 Å². The molecule has 0 radical (unpaired) electrons. The maximum absolute atomic E-state index is 14.0. The van der Waals surface area contributed by atoms with Gasteiger partial charge in [0.05, 0.1) is 55.9 Å². The molecule has 0 saturated heterocycles. The van der Waals surface area contributed by atoms with E-state index in [1.54, 1.807) is 39.2 Å². The molecule has 0 aliphatic carbocycles. The third-order valence-corrected chi connectivity index (χ3v) is 8.85. The lowest BCUT2D eigenvalue weighted by atomic mass is 9.95. The number of aromatic nitrogens is 1. The lowest BCUT2D eigenvalue weighted by Crippen LogP contribution is -2.40. The van der Waals surface area contributed by atoms with Gasteiger partial charge < -0.3 is 23.7 Å². The van der Waals surface area contributed by atoms with Crippen molar-refractivity contribution in [1.82, 2.24) is 4.57 Å². The van der Waals surface area contributed by atoms with E-state index in [2.05, 4.69) is 54.9 Å². The molecule has 43 heavy (non-hydrogen) atoms. The minimum absolute atomic E-state index is 0.0748. The maximum atomic E-state index is 14.0. The number of carbonyl (C=O) groups excluding carboxylic acids is 2. The number of halogens is 2. The molecule has 4 rings (SSSR count). The van der Waals surface area contributed by atoms with Gasteiger partial charge in [-0.15, -0.1) is 0 Å². The summed E-state index contributed by atoms with van der Waals surface area (Å²) in [6.45, 7) is 7.27. The number of hydrogen-bond acceptors (Lipinski definition) is 10. The molecule has 0 spiro atoms. The Morgan fingerprint density at radius 3 is 2.42 bits per heavy atom. The zero-order chi connectivity index (χ0) is 31.4. The molecule has 3 aromatic rings. The molecule has 13 heteroatoms. The SMILES string of the molecule is CCOC(=O)C1=C(C)N=c2s/c(=C\c3cc(I)c(OCC(=O)OC)c(I)c3)c(=O)n2[C@H]1c1ccc(OC(C)C)c(OC)c1. The van der Waals surface area contributed by atoms with Crippen LogP contribution in [0.5, 0.6) is 17.2 Å². The highest BCUT2D eigenvalue weighted by Crippen LogP contribution is 2.36. The van der Waals surface area contributed by atoms with Crippen LogP contribution in [0.2, 0.25) is 0 Å². The first kappa shape index (κ1) is 33.0. The molecule has 10 nitrogen and oxygen atoms in total. The zero-order valence-corrected chi connectivity index (χ0v) is 29.5. The van der Waals surface area contributed by atoms with Gasteiger partial charge in [0, 0.05) is 0 Å². The van der Waals surface area contributed by atoms with E-state index >= 15 is 0 Å². The summed E-state index contributed by atoms with van der Waals surface area (Å²) in [6.07, 6.45) is 1.70. The Labute approximate surface area is 279 Å². The molecular formula is C30H30I2N2O8S. The maximum Gasteiger partial charge on any atom is 0.343 e. The molecule has 2 aromatic carbocycles. The monoisotopic (exact) mass is 832 g/mol. The van der Waals surface area contributed by atoms with E-state index in [-0.39, 0.29) is 30.5 Å². The van der Waals surface area contributed by atoms with Crippen molar-refractivity contribution in [1.29, 1.82) is 0 Å². The first-order valence-corrected chi connectivity index (χ1v) is 16.2. The van der Waals surface area contributed by atoms with Gasteiger partial charge in [0.15, 0.2) is 22.9 Å². The van der Waals surface area contributed by atoms with E-state index in [0.717, 1.165) is 12.7 Å². The molecule has 0 fully saturated rings. The number of thiazole rings is 1. The molecule has 0 saturated carbocycles. The summed E-state index contributed by atoms with van der Waals surface area (Å²) in [4.78, 5) is 43.9. The fraction of sp³-hybridized carbons (Fsp3) is 0.333. The van der Waals surface area contributed by atoms with Crippen LogP contribution in [0.15, 0.2) is 51.4 Å². The number of fused-ring (bicyclic) bond motifs is 1. The van der Waals surface area contributed by atoms with Crippen LogP contribution >= 0.6 is 56.5 Å². The Kier molecular flexibility index (Phi) is 10.9. The summed E-state index contributed by atoms with van der Waals surface area (Å²) < 4.78 is 30.7. The standard InChI is InChI=1S/C30H30I2N2O8S/c1-7-40-29(37)25-16(4)33-30-34(26(25)18-8-9-21(42-15(2)3)22(13-18)38-5)28(36)23(43-30)12-17-10-19(31)27(20(32)11-17)41-14-24(35)39-6/h8-13,15,26H,7,14H2,1-6H3/b23-12-/t26-/m0/s1. The van der Waals surface area contributed by atoms with Gasteiger partial charge in [-0.25, -0.2) is 14.6 Å². The first-order valence-electron chi connectivity index (χ1n) is 13.2. The van der Waals surface area contributed by atoms with Crippen molar-refractivity contribution < 1.29 is 33.3 Å². The van der Waals surface area contributed by atoms with Gasteiger partial charge in [-0.2, -0.15) is 0 Å². The normalized spacial score (nSPS) is 14.7. The highest BCUT2D eigenvalue weighted by Gasteiger charge is 2.34. The topological polar surface area (TPSA) is 115 Å². The number of esters is 2. The summed E-state index contributed by atoms with van der Waals surface area (Å²) in [6, 6.07) is 8.29. The minimum atomic E-state index is -0.797. The van der Waals surface area contributed by atoms with E-state index in [0.29, 0.717) is 37.8 Å². The number of benzene rings is 2. The molecule has 1 aliphatic heterocycles. The quantitative estimate of drug-likeness (QED) is 0.219. The molecule has 0 bridgehead atoms. The number of carbonyl (C=O) groups is 2. The first-order chi connectivity index (χ1) is 20.5. The fourth-order valence-corrected chi connectivity index (χ4v) is 7.63. The summed E-state index contributed by atoms with van der Waals surface area (Å²) in [7, 11) is 2.84. The molecule has 228 valence electrons. The van der Waals surface area contributed by atoms with Crippen LogP contribution in [0.1, 0.15) is 44.9 Å². The molecule has 1 atom stereocenters. The summed E-state index contributed by atoms with van der Waals surface area (Å²) in [5.41, 5.74) is 1.85. The molecule has 0 unspecified atom stereocenters. The largest absolute Gasteiger partial charge is 0.493 e. The molecule has 2 heterocycles. The van der Waals surface area contributed by atoms with Crippen LogP contribution in [-0.2, 0) is 19.1 Å². The van der Waals surface area contributed by atoms with Gasteiger partial charge in [-0.1, -0.05) is 17.4 Å². The van der Waals surface area contributed by atoms with Crippen molar-refractivity contribution in [2.45, 2.75) is 39.8 Å². The summed E-state index contributed by atoms with van der Waals surface area (Å²) in [5.74, 6) is 0.554. The predicted molar refractivity (Wildman–Crippen MR) is 179 cm³/mol. The van der Waals surface area contributed by atoms with Crippen LogP contribution in [0, 0.1) is 7.14 Å². The summed E-state index contributed by atoms with van der Waals surface area (Å²) >= 11 is 5.48. The van der Waals surface area contributed by atoms with Crippen molar-refractivity contribution in [3.05, 3.63) is 79.6 Å². The van der Waals surface area contributed by atoms with Crippen molar-refractivity contribution in [3.63, 3.8) is 0 Å². The van der Waals surface area contributed by atoms with Gasteiger partial charge in [0.2, 0.25) is 0 Å². The van der Waals surface area contributed by atoms with Gasteiger partial charge in [-0.3, -0.25) is 9.36 Å². The second kappa shape index (κ2) is 14.2. The fourth-order valence-electron chi connectivity index (χ4n) is 4.45. The molecule has 0 N–H and O–H groups in total. The molecule has 1 aromatic heterocycles. The number of rotatable bonds is 10. The number of ether oxygens (including phenoxy) is 5. The van der Waals surface area contributed by atoms with Crippen molar-refractivity contribution in [2.75, 3.05) is 27.4 Å². The van der Waals surface area contributed by atoms with E-state index in [1.807, 2.05) is 32.0 Å². The smallest absolute Gasteiger partial charge is 0.343 e. The molecule has 0 amide bonds. The summed E-state index contributed by atoms with van der Waals surface area (Å²) in [5, 5.41) is 0. The third-order valence-electron chi connectivity index (χ3n) is 6.26. The van der Waals surface area contributed by atoms with E-state index in [1.165, 1.54) is 23.0 Å². The van der Waals surface area contributed by atoms with E-state index in [9.17, 15) is 14.4 Å². The van der Waals surface area contributed by atoms with Crippen LogP contribution in [-0.4, -0.2) is 50.0 Å². The van der Waals surface area contributed by atoms with Crippen molar-refractivity contribution in [2.24, 2.45) is 4.99 Å². The van der Waals surface area contributed by atoms with Crippen LogP contribution in [0.3, 0.4) is 0 Å². The van der Waals surface area contributed by atoms with E-state index in [4.69, 9.17) is 18.9 Å². The van der Waals surface area contributed by atoms with Gasteiger partial charge in [0.1, 0.15) is 5.75 Å². The average Bonchev–Trinajstić information content (AvgIpc) is 3.25. The van der Waals surface area contributed by atoms with Gasteiger partial charge >= 0.3 is 11.9 Å². The lowest BCUT2D eigenvalue weighted by molar-refractivity contribution is -0.143. The Balaban J connectivity index is 1.86. The number of methoxy groups -OCH3 is 2. The van der Waals surface area contributed by atoms with Crippen LogP contribution in [0.25, 0.3) is 6.08 Å². The Morgan fingerprint density at radius 2 is 1.81 bits per heavy atom. The second-order valence-corrected chi connectivity index (χ2v) is 12.9. The predicted octanol–water partition coefficient (Wildman–Crippen LogP) is 4.36. The van der Waals surface area contributed by atoms with Crippen molar-refractivity contribution >= 4 is 74.5 Å². The Morgan fingerprint density at radius 1 is 1.12 bits per heavy atom. The van der Waals surface area contributed by atoms with Crippen molar-refractivity contribution in [3.8, 4) is 17.2 Å². The Bertz CT molecular complexity index is 1750. The number of nitrogens with zero attached hydrogens (tertiary/aromatic N) is 2. The second-order valence-electron chi connectivity index (χ2n) is 9.56. The third kappa shape index (κ3) is 7.25. The highest BCUT2D eigenvalue weighted by molar-refractivity contribution is 14.1. The zero-order valence-electron chi connectivity index (χ0n) is 24.4. The average molecular weight is 832 g/mol. The van der Waals surface area contributed by atoms with Crippen LogP contribution < -0.4 is 29.1 Å². The van der Waals surface area contributed by atoms with Crippen LogP contribution in [0.4, 0.5) is 0 Å². The van der Waals surface area contributed by atoms with Gasteiger partial charge in [-0.05, 0) is 114 Å². The molecular weight excluding hydrogens is 802 g/mol. The Hall–Kier alpha value is -2.92. The lowest BCUT2D eigenvalue weighted by Gasteiger charge is -2.25.